The number of rotatable bonds is 4. The van der Waals surface area contributed by atoms with E-state index in [-0.39, 0.29) is 12.1 Å². The van der Waals surface area contributed by atoms with E-state index < -0.39 is 10.0 Å². The lowest BCUT2D eigenvalue weighted by Crippen LogP contribution is -2.44. The lowest BCUT2D eigenvalue weighted by Gasteiger charge is -2.32. The van der Waals surface area contributed by atoms with Crippen molar-refractivity contribution in [3.8, 4) is 0 Å². The third kappa shape index (κ3) is 3.19. The Bertz CT molecular complexity index is 560. The fraction of sp³-hybridized carbons (Fsp3) is 0.571. The van der Waals surface area contributed by atoms with Crippen LogP contribution in [0, 0.1) is 0 Å². The average molecular weight is 314 g/mol. The lowest BCUT2D eigenvalue weighted by atomic mass is 10.1. The quantitative estimate of drug-likeness (QED) is 0.925. The molecule has 4 nitrogen and oxygen atoms in total. The van der Waals surface area contributed by atoms with Crippen molar-refractivity contribution >= 4 is 21.8 Å². The third-order valence-electron chi connectivity index (χ3n) is 3.64. The number of hydrogen-bond acceptors (Lipinski definition) is 4. The monoisotopic (exact) mass is 314 g/mol. The molecule has 1 aromatic rings. The Labute approximate surface area is 125 Å². The van der Waals surface area contributed by atoms with Crippen LogP contribution in [0.2, 0.25) is 0 Å². The molecule has 0 spiro atoms. The van der Waals surface area contributed by atoms with E-state index in [2.05, 4.69) is 0 Å². The Morgan fingerprint density at radius 1 is 1.50 bits per heavy atom. The SMILES string of the molecule is CCC(N)c1cccc(S(=O)(=O)N2CCSCC2C)c1. The Morgan fingerprint density at radius 3 is 2.90 bits per heavy atom. The molecule has 1 heterocycles. The van der Waals surface area contributed by atoms with Crippen molar-refractivity contribution in [2.24, 2.45) is 5.73 Å². The zero-order chi connectivity index (χ0) is 14.8. The Morgan fingerprint density at radius 2 is 2.25 bits per heavy atom. The summed E-state index contributed by atoms with van der Waals surface area (Å²) in [4.78, 5) is 0.359. The maximum Gasteiger partial charge on any atom is 0.243 e. The van der Waals surface area contributed by atoms with E-state index in [1.165, 1.54) is 0 Å². The molecule has 20 heavy (non-hydrogen) atoms. The summed E-state index contributed by atoms with van der Waals surface area (Å²) in [6.45, 7) is 4.54. The summed E-state index contributed by atoms with van der Waals surface area (Å²) in [7, 11) is -3.41. The summed E-state index contributed by atoms with van der Waals surface area (Å²) in [6, 6.07) is 6.99. The van der Waals surface area contributed by atoms with Gasteiger partial charge in [-0.3, -0.25) is 0 Å². The molecule has 2 unspecified atom stereocenters. The van der Waals surface area contributed by atoms with Crippen LogP contribution in [0.3, 0.4) is 0 Å². The highest BCUT2D eigenvalue weighted by Crippen LogP contribution is 2.26. The molecule has 0 amide bonds. The van der Waals surface area contributed by atoms with Crippen molar-refractivity contribution in [3.63, 3.8) is 0 Å². The van der Waals surface area contributed by atoms with Gasteiger partial charge < -0.3 is 5.73 Å². The van der Waals surface area contributed by atoms with Gasteiger partial charge in [0.15, 0.2) is 0 Å². The van der Waals surface area contributed by atoms with Crippen LogP contribution in [0.4, 0.5) is 0 Å². The molecule has 0 bridgehead atoms. The van der Waals surface area contributed by atoms with Gasteiger partial charge in [-0.1, -0.05) is 19.1 Å². The first-order chi connectivity index (χ1) is 9.46. The van der Waals surface area contributed by atoms with Gasteiger partial charge in [-0.05, 0) is 31.0 Å². The highest BCUT2D eigenvalue weighted by atomic mass is 32.2. The normalized spacial score (nSPS) is 22.6. The summed E-state index contributed by atoms with van der Waals surface area (Å²) >= 11 is 1.80. The summed E-state index contributed by atoms with van der Waals surface area (Å²) in [5, 5.41) is 0. The molecule has 2 N–H and O–H groups in total. The maximum absolute atomic E-state index is 12.7. The van der Waals surface area contributed by atoms with E-state index in [1.54, 1.807) is 34.3 Å². The van der Waals surface area contributed by atoms with E-state index in [9.17, 15) is 8.42 Å². The van der Waals surface area contributed by atoms with Crippen molar-refractivity contribution in [2.45, 2.75) is 37.2 Å². The Kier molecular flexibility index (Phi) is 5.12. The van der Waals surface area contributed by atoms with E-state index in [4.69, 9.17) is 5.73 Å². The largest absolute Gasteiger partial charge is 0.324 e. The molecule has 0 radical (unpaired) electrons. The minimum absolute atomic E-state index is 0.0438. The first kappa shape index (κ1) is 15.8. The smallest absolute Gasteiger partial charge is 0.243 e. The van der Waals surface area contributed by atoms with Crippen LogP contribution in [0.15, 0.2) is 29.2 Å². The second kappa shape index (κ2) is 6.47. The van der Waals surface area contributed by atoms with Crippen molar-refractivity contribution in [3.05, 3.63) is 29.8 Å². The number of nitrogens with two attached hydrogens (primary N) is 1. The topological polar surface area (TPSA) is 63.4 Å². The van der Waals surface area contributed by atoms with E-state index in [0.717, 1.165) is 23.5 Å². The molecule has 1 aromatic carbocycles. The number of hydrogen-bond donors (Lipinski definition) is 1. The van der Waals surface area contributed by atoms with Gasteiger partial charge in [0.05, 0.1) is 4.90 Å². The van der Waals surface area contributed by atoms with Crippen LogP contribution in [0.25, 0.3) is 0 Å². The lowest BCUT2D eigenvalue weighted by molar-refractivity contribution is 0.367. The van der Waals surface area contributed by atoms with Gasteiger partial charge in [-0.25, -0.2) is 8.42 Å². The van der Waals surface area contributed by atoms with Crippen LogP contribution >= 0.6 is 11.8 Å². The van der Waals surface area contributed by atoms with Crippen LogP contribution in [0.5, 0.6) is 0 Å². The van der Waals surface area contributed by atoms with Crippen LogP contribution in [-0.2, 0) is 10.0 Å². The predicted molar refractivity (Wildman–Crippen MR) is 84.3 cm³/mol. The van der Waals surface area contributed by atoms with E-state index in [1.807, 2.05) is 19.9 Å². The average Bonchev–Trinajstić information content (AvgIpc) is 2.47. The van der Waals surface area contributed by atoms with Crippen molar-refractivity contribution in [1.29, 1.82) is 0 Å². The van der Waals surface area contributed by atoms with Gasteiger partial charge in [0.25, 0.3) is 0 Å². The molecule has 1 saturated heterocycles. The van der Waals surface area contributed by atoms with Crippen LogP contribution < -0.4 is 5.73 Å². The van der Waals surface area contributed by atoms with Gasteiger partial charge >= 0.3 is 0 Å². The number of sulfonamides is 1. The Balaban J connectivity index is 2.34. The summed E-state index contributed by atoms with van der Waals surface area (Å²) < 4.78 is 27.1. The van der Waals surface area contributed by atoms with E-state index >= 15 is 0 Å². The van der Waals surface area contributed by atoms with Crippen molar-refractivity contribution in [2.75, 3.05) is 18.1 Å². The predicted octanol–water partition coefficient (Wildman–Crippen LogP) is 2.22. The van der Waals surface area contributed by atoms with Crippen molar-refractivity contribution < 1.29 is 8.42 Å². The zero-order valence-electron chi connectivity index (χ0n) is 12.0. The van der Waals surface area contributed by atoms with Crippen LogP contribution in [0.1, 0.15) is 31.9 Å². The van der Waals surface area contributed by atoms with Gasteiger partial charge in [-0.2, -0.15) is 16.1 Å². The molecule has 0 aliphatic carbocycles. The molecular weight excluding hydrogens is 292 g/mol. The van der Waals surface area contributed by atoms with Gasteiger partial charge in [-0.15, -0.1) is 0 Å². The molecule has 0 aromatic heterocycles. The second-order valence-electron chi connectivity index (χ2n) is 5.13. The Hall–Kier alpha value is -0.560. The highest BCUT2D eigenvalue weighted by molar-refractivity contribution is 7.99. The molecule has 1 fully saturated rings. The second-order valence-corrected chi connectivity index (χ2v) is 8.17. The molecule has 2 atom stereocenters. The molecule has 1 aliphatic rings. The minimum Gasteiger partial charge on any atom is -0.324 e. The van der Waals surface area contributed by atoms with Crippen LogP contribution in [-0.4, -0.2) is 36.8 Å². The minimum atomic E-state index is -3.41. The first-order valence-electron chi connectivity index (χ1n) is 6.92. The summed E-state index contributed by atoms with van der Waals surface area (Å²) in [5.74, 6) is 1.71. The first-order valence-corrected chi connectivity index (χ1v) is 9.51. The van der Waals surface area contributed by atoms with Gasteiger partial charge in [0.2, 0.25) is 10.0 Å². The molecule has 0 saturated carbocycles. The van der Waals surface area contributed by atoms with Gasteiger partial charge in [0, 0.05) is 30.1 Å². The highest BCUT2D eigenvalue weighted by Gasteiger charge is 2.31. The fourth-order valence-corrected chi connectivity index (χ4v) is 5.26. The van der Waals surface area contributed by atoms with Gasteiger partial charge in [0.1, 0.15) is 0 Å². The fourth-order valence-electron chi connectivity index (χ4n) is 2.35. The summed E-state index contributed by atoms with van der Waals surface area (Å²) in [5.41, 5.74) is 6.88. The molecule has 112 valence electrons. The molecule has 2 rings (SSSR count). The number of benzene rings is 1. The molecule has 6 heteroatoms. The number of nitrogens with zero attached hydrogens (tertiary/aromatic N) is 1. The van der Waals surface area contributed by atoms with Crippen molar-refractivity contribution in [1.82, 2.24) is 4.31 Å². The van der Waals surface area contributed by atoms with E-state index in [0.29, 0.717) is 11.4 Å². The zero-order valence-corrected chi connectivity index (χ0v) is 13.6. The molecule has 1 aliphatic heterocycles. The number of thioether (sulfide) groups is 1. The molecular formula is C14H22N2O2S2. The standard InChI is InChI=1S/C14H22N2O2S2/c1-3-14(15)12-5-4-6-13(9-12)20(17,18)16-7-8-19-10-11(16)2/h4-6,9,11,14H,3,7-8,10,15H2,1-2H3. The maximum atomic E-state index is 12.7. The third-order valence-corrected chi connectivity index (χ3v) is 6.84. The summed E-state index contributed by atoms with van der Waals surface area (Å²) in [6.07, 6.45) is 0.792.